The molecule has 0 saturated heterocycles. The van der Waals surface area contributed by atoms with E-state index in [0.717, 1.165) is 26.0 Å². The number of halogens is 2. The molecule has 118 valence electrons. The van der Waals surface area contributed by atoms with E-state index in [1.165, 1.54) is 0 Å². The largest absolute Gasteiger partial charge is 0.457 e. The van der Waals surface area contributed by atoms with Crippen LogP contribution in [-0.4, -0.2) is 0 Å². The summed E-state index contributed by atoms with van der Waals surface area (Å²) in [7, 11) is 0. The van der Waals surface area contributed by atoms with Gasteiger partial charge in [-0.25, -0.2) is 0 Å². The van der Waals surface area contributed by atoms with Crippen LogP contribution in [0.2, 0.25) is 5.02 Å². The summed E-state index contributed by atoms with van der Waals surface area (Å²) in [4.78, 5) is 0. The summed E-state index contributed by atoms with van der Waals surface area (Å²) < 4.78 is 6.98. The van der Waals surface area contributed by atoms with Crippen molar-refractivity contribution in [2.24, 2.45) is 0 Å². The van der Waals surface area contributed by atoms with Gasteiger partial charge in [0, 0.05) is 14.2 Å². The first-order chi connectivity index (χ1) is 11.6. The smallest absolute Gasteiger partial charge is 0.134 e. The number of nitriles is 1. The van der Waals surface area contributed by atoms with Crippen LogP contribution < -0.4 is 0 Å². The number of rotatable bonds is 3. The lowest BCUT2D eigenvalue weighted by molar-refractivity contribution is 0.572. The zero-order chi connectivity index (χ0) is 17.1. The fraction of sp³-hybridized carbons (Fsp3) is 0.0500. The maximum Gasteiger partial charge on any atom is 0.134 e. The van der Waals surface area contributed by atoms with Gasteiger partial charge in [-0.1, -0.05) is 35.9 Å². The van der Waals surface area contributed by atoms with Crippen molar-refractivity contribution in [1.29, 1.82) is 5.26 Å². The molecule has 0 fully saturated rings. The van der Waals surface area contributed by atoms with E-state index in [-0.39, 0.29) is 0 Å². The second kappa shape index (κ2) is 7.25. The van der Waals surface area contributed by atoms with E-state index in [9.17, 15) is 5.26 Å². The Hall–Kier alpha value is -2.03. The van der Waals surface area contributed by atoms with E-state index in [2.05, 4.69) is 28.7 Å². The van der Waals surface area contributed by atoms with Crippen LogP contribution in [0.25, 0.3) is 23.0 Å². The maximum absolute atomic E-state index is 9.42. The number of aryl methyl sites for hydroxylation is 1. The molecule has 0 unspecified atom stereocenters. The van der Waals surface area contributed by atoms with Crippen LogP contribution in [0.15, 0.2) is 59.0 Å². The fourth-order valence-electron chi connectivity index (χ4n) is 2.28. The second-order valence-electron chi connectivity index (χ2n) is 5.34. The van der Waals surface area contributed by atoms with Gasteiger partial charge in [-0.2, -0.15) is 5.26 Å². The monoisotopic (exact) mass is 445 g/mol. The average molecular weight is 446 g/mol. The minimum atomic E-state index is 0.564. The molecule has 0 bridgehead atoms. The third-order valence-electron chi connectivity index (χ3n) is 3.65. The molecule has 24 heavy (non-hydrogen) atoms. The summed E-state index contributed by atoms with van der Waals surface area (Å²) in [5.74, 6) is 1.36. The molecule has 2 nitrogen and oxygen atoms in total. The highest BCUT2D eigenvalue weighted by Gasteiger charge is 2.07. The van der Waals surface area contributed by atoms with Crippen LogP contribution in [-0.2, 0) is 0 Å². The molecule has 0 amide bonds. The first-order valence-electron chi connectivity index (χ1n) is 7.31. The highest BCUT2D eigenvalue weighted by Crippen LogP contribution is 2.28. The maximum atomic E-state index is 9.42. The Kier molecular flexibility index (Phi) is 5.08. The first-order valence-corrected chi connectivity index (χ1v) is 8.76. The molecule has 3 rings (SSSR count). The number of nitrogens with zero attached hydrogens (tertiary/aromatic N) is 1. The molecule has 0 aliphatic rings. The zero-order valence-corrected chi connectivity index (χ0v) is 15.8. The van der Waals surface area contributed by atoms with E-state index >= 15 is 0 Å². The SMILES string of the molecule is Cc1ccc(-c2ccc(/C=C(/C#N)c3ccc(I)cc3)o2)cc1Cl. The van der Waals surface area contributed by atoms with Gasteiger partial charge < -0.3 is 4.42 Å². The van der Waals surface area contributed by atoms with Crippen molar-refractivity contribution in [3.63, 3.8) is 0 Å². The van der Waals surface area contributed by atoms with Crippen LogP contribution in [0.1, 0.15) is 16.9 Å². The van der Waals surface area contributed by atoms with Crippen molar-refractivity contribution in [2.75, 3.05) is 0 Å². The van der Waals surface area contributed by atoms with Crippen LogP contribution >= 0.6 is 34.2 Å². The lowest BCUT2D eigenvalue weighted by Crippen LogP contribution is -1.81. The molecular weight excluding hydrogens is 433 g/mol. The van der Waals surface area contributed by atoms with Gasteiger partial charge in [-0.3, -0.25) is 0 Å². The Morgan fingerprint density at radius 3 is 2.54 bits per heavy atom. The Morgan fingerprint density at radius 2 is 1.88 bits per heavy atom. The molecule has 0 atom stereocenters. The van der Waals surface area contributed by atoms with Crippen molar-refractivity contribution < 1.29 is 4.42 Å². The Morgan fingerprint density at radius 1 is 1.12 bits per heavy atom. The van der Waals surface area contributed by atoms with Crippen molar-refractivity contribution in [2.45, 2.75) is 6.92 Å². The predicted molar refractivity (Wildman–Crippen MR) is 107 cm³/mol. The van der Waals surface area contributed by atoms with E-state index in [1.54, 1.807) is 6.08 Å². The standard InChI is InChI=1S/C20H13ClINO/c1-13-2-3-15(11-19(13)21)20-9-8-18(24-20)10-16(12-23)14-4-6-17(22)7-5-14/h2-11H,1H3/b16-10-. The summed E-state index contributed by atoms with van der Waals surface area (Å²) in [6.07, 6.45) is 1.75. The van der Waals surface area contributed by atoms with E-state index in [4.69, 9.17) is 16.0 Å². The van der Waals surface area contributed by atoms with Gasteiger partial charge in [0.05, 0.1) is 11.6 Å². The van der Waals surface area contributed by atoms with Crippen LogP contribution in [0.5, 0.6) is 0 Å². The molecule has 0 spiro atoms. The number of allylic oxidation sites excluding steroid dienone is 1. The van der Waals surface area contributed by atoms with E-state index in [0.29, 0.717) is 16.4 Å². The molecule has 0 saturated carbocycles. The summed E-state index contributed by atoms with van der Waals surface area (Å²) >= 11 is 8.41. The molecule has 1 aromatic heterocycles. The minimum absolute atomic E-state index is 0.564. The summed E-state index contributed by atoms with van der Waals surface area (Å²) in [6.45, 7) is 1.96. The van der Waals surface area contributed by atoms with Gasteiger partial charge in [0.15, 0.2) is 0 Å². The third kappa shape index (κ3) is 3.72. The average Bonchev–Trinajstić information content (AvgIpc) is 3.05. The van der Waals surface area contributed by atoms with Crippen molar-refractivity contribution >= 4 is 45.8 Å². The molecule has 2 aromatic carbocycles. The zero-order valence-electron chi connectivity index (χ0n) is 12.9. The molecule has 0 aliphatic carbocycles. The normalized spacial score (nSPS) is 11.3. The van der Waals surface area contributed by atoms with Crippen molar-refractivity contribution in [3.8, 4) is 17.4 Å². The third-order valence-corrected chi connectivity index (χ3v) is 4.77. The van der Waals surface area contributed by atoms with E-state index < -0.39 is 0 Å². The lowest BCUT2D eigenvalue weighted by Gasteiger charge is -2.01. The van der Waals surface area contributed by atoms with Gasteiger partial charge >= 0.3 is 0 Å². The van der Waals surface area contributed by atoms with E-state index in [1.807, 2.05) is 61.5 Å². The van der Waals surface area contributed by atoms with Gasteiger partial charge in [0.2, 0.25) is 0 Å². The highest BCUT2D eigenvalue weighted by atomic mass is 127. The Balaban J connectivity index is 1.93. The van der Waals surface area contributed by atoms with Crippen LogP contribution in [0.4, 0.5) is 0 Å². The van der Waals surface area contributed by atoms with Crippen LogP contribution in [0.3, 0.4) is 0 Å². The van der Waals surface area contributed by atoms with Gasteiger partial charge in [0.25, 0.3) is 0 Å². The Bertz CT molecular complexity index is 949. The number of benzene rings is 2. The number of hydrogen-bond acceptors (Lipinski definition) is 2. The Labute approximate surface area is 159 Å². The summed E-state index contributed by atoms with van der Waals surface area (Å²) in [6, 6.07) is 19.6. The number of furan rings is 1. The number of hydrogen-bond donors (Lipinski definition) is 0. The van der Waals surface area contributed by atoms with Crippen molar-refractivity contribution in [1.82, 2.24) is 0 Å². The van der Waals surface area contributed by atoms with Crippen molar-refractivity contribution in [3.05, 3.63) is 80.1 Å². The molecular formula is C20H13ClINO. The van der Waals surface area contributed by atoms with Gasteiger partial charge in [-0.05, 0) is 77.0 Å². The molecule has 0 aliphatic heterocycles. The quantitative estimate of drug-likeness (QED) is 0.337. The highest BCUT2D eigenvalue weighted by molar-refractivity contribution is 14.1. The summed E-state index contributed by atoms with van der Waals surface area (Å²) in [5, 5.41) is 10.1. The molecule has 3 aromatic rings. The van der Waals surface area contributed by atoms with Gasteiger partial charge in [-0.15, -0.1) is 0 Å². The topological polar surface area (TPSA) is 36.9 Å². The predicted octanol–water partition coefficient (Wildman–Crippen LogP) is 6.58. The van der Waals surface area contributed by atoms with Crippen LogP contribution in [0, 0.1) is 21.8 Å². The summed E-state index contributed by atoms with van der Waals surface area (Å²) in [5.41, 5.74) is 3.37. The van der Waals surface area contributed by atoms with Gasteiger partial charge in [0.1, 0.15) is 11.5 Å². The molecule has 1 heterocycles. The lowest BCUT2D eigenvalue weighted by atomic mass is 10.1. The minimum Gasteiger partial charge on any atom is -0.457 e. The first kappa shape index (κ1) is 16.8. The second-order valence-corrected chi connectivity index (χ2v) is 7.00. The fourth-order valence-corrected chi connectivity index (χ4v) is 2.82. The molecule has 0 radical (unpaired) electrons. The molecule has 4 heteroatoms. The molecule has 0 N–H and O–H groups in total.